The third kappa shape index (κ3) is 3.53. The van der Waals surface area contributed by atoms with Gasteiger partial charge in [0.25, 0.3) is 11.7 Å². The minimum absolute atomic E-state index is 0.0789. The van der Waals surface area contributed by atoms with Gasteiger partial charge in [-0.3, -0.25) is 20.4 Å². The Bertz CT molecular complexity index is 962. The molecule has 26 heavy (non-hydrogen) atoms. The molecule has 8 heteroatoms. The number of rotatable bonds is 4. The molecule has 1 aromatic carbocycles. The van der Waals surface area contributed by atoms with E-state index in [2.05, 4.69) is 25.9 Å². The lowest BCUT2D eigenvalue weighted by Crippen LogP contribution is -2.42. The fourth-order valence-electron chi connectivity index (χ4n) is 2.71. The molecule has 0 aliphatic carbocycles. The highest BCUT2D eigenvalue weighted by Gasteiger charge is 2.15. The lowest BCUT2D eigenvalue weighted by Gasteiger charge is -2.11. The first-order valence-electron chi connectivity index (χ1n) is 8.33. The van der Waals surface area contributed by atoms with Gasteiger partial charge in [-0.1, -0.05) is 19.1 Å². The van der Waals surface area contributed by atoms with Crippen LogP contribution in [0.25, 0.3) is 5.78 Å². The van der Waals surface area contributed by atoms with Crippen molar-refractivity contribution in [2.75, 3.05) is 0 Å². The van der Waals surface area contributed by atoms with Crippen molar-refractivity contribution in [1.82, 2.24) is 30.4 Å². The van der Waals surface area contributed by atoms with Crippen LogP contribution in [0, 0.1) is 13.8 Å². The van der Waals surface area contributed by atoms with Gasteiger partial charge in [-0.05, 0) is 38.0 Å². The lowest BCUT2D eigenvalue weighted by molar-refractivity contribution is -0.121. The topological polar surface area (TPSA) is 101 Å². The van der Waals surface area contributed by atoms with Gasteiger partial charge in [0.2, 0.25) is 5.91 Å². The molecule has 0 aliphatic heterocycles. The monoisotopic (exact) mass is 352 g/mol. The minimum Gasteiger partial charge on any atom is -0.273 e. The summed E-state index contributed by atoms with van der Waals surface area (Å²) in [5, 5.41) is 4.10. The van der Waals surface area contributed by atoms with E-state index in [1.807, 2.05) is 32.9 Å². The maximum absolute atomic E-state index is 12.2. The van der Waals surface area contributed by atoms with Crippen LogP contribution in [0.5, 0.6) is 0 Å². The van der Waals surface area contributed by atoms with Crippen LogP contribution in [0.1, 0.15) is 39.8 Å². The standard InChI is InChI=1S/C18H20N6O2/c1-4-13-5-7-14(8-6-13)17(26)23-22-16(25)9-15-11(2)21-18-19-10-20-24(18)12(15)3/h5-8,10H,4,9H2,1-3H3,(H,22,25)(H,23,26). The van der Waals surface area contributed by atoms with Crippen LogP contribution < -0.4 is 10.9 Å². The van der Waals surface area contributed by atoms with Crippen molar-refractivity contribution < 1.29 is 9.59 Å². The molecular formula is C18H20N6O2. The first kappa shape index (κ1) is 17.5. The average molecular weight is 352 g/mol. The van der Waals surface area contributed by atoms with Gasteiger partial charge in [-0.25, -0.2) is 9.50 Å². The molecule has 0 saturated carbocycles. The van der Waals surface area contributed by atoms with Crippen LogP contribution in [0.4, 0.5) is 0 Å². The van der Waals surface area contributed by atoms with Crippen molar-refractivity contribution in [1.29, 1.82) is 0 Å². The zero-order chi connectivity index (χ0) is 18.7. The molecule has 0 spiro atoms. The van der Waals surface area contributed by atoms with Crippen LogP contribution in [-0.4, -0.2) is 31.4 Å². The normalized spacial score (nSPS) is 10.7. The van der Waals surface area contributed by atoms with Crippen molar-refractivity contribution in [2.24, 2.45) is 0 Å². The fraction of sp³-hybridized carbons (Fsp3) is 0.278. The smallest absolute Gasteiger partial charge is 0.269 e. The van der Waals surface area contributed by atoms with Gasteiger partial charge in [0, 0.05) is 22.5 Å². The molecule has 2 N–H and O–H groups in total. The molecule has 0 atom stereocenters. The van der Waals surface area contributed by atoms with E-state index in [1.165, 1.54) is 6.33 Å². The van der Waals surface area contributed by atoms with E-state index in [9.17, 15) is 9.59 Å². The van der Waals surface area contributed by atoms with E-state index >= 15 is 0 Å². The average Bonchev–Trinajstić information content (AvgIpc) is 3.11. The number of nitrogens with zero attached hydrogens (tertiary/aromatic N) is 4. The molecule has 0 radical (unpaired) electrons. The summed E-state index contributed by atoms with van der Waals surface area (Å²) in [6, 6.07) is 7.25. The van der Waals surface area contributed by atoms with Crippen molar-refractivity contribution >= 4 is 17.6 Å². The Labute approximate surface area is 150 Å². The molecular weight excluding hydrogens is 332 g/mol. The summed E-state index contributed by atoms with van der Waals surface area (Å²) in [5.41, 5.74) is 8.76. The number of amides is 2. The Hall–Kier alpha value is -3.29. The van der Waals surface area contributed by atoms with Gasteiger partial charge >= 0.3 is 0 Å². The van der Waals surface area contributed by atoms with Crippen LogP contribution in [0.15, 0.2) is 30.6 Å². The van der Waals surface area contributed by atoms with Crippen LogP contribution in [0.2, 0.25) is 0 Å². The molecule has 0 unspecified atom stereocenters. The summed E-state index contributed by atoms with van der Waals surface area (Å²) in [6.07, 6.45) is 2.40. The number of aromatic nitrogens is 4. The Morgan fingerprint density at radius 3 is 2.54 bits per heavy atom. The Morgan fingerprint density at radius 1 is 1.12 bits per heavy atom. The van der Waals surface area contributed by atoms with E-state index in [0.717, 1.165) is 23.2 Å². The molecule has 2 heterocycles. The number of hydrogen-bond donors (Lipinski definition) is 2. The molecule has 0 bridgehead atoms. The van der Waals surface area contributed by atoms with Crippen molar-refractivity contribution in [3.8, 4) is 0 Å². The second-order valence-electron chi connectivity index (χ2n) is 5.96. The van der Waals surface area contributed by atoms with Crippen LogP contribution in [-0.2, 0) is 17.6 Å². The lowest BCUT2D eigenvalue weighted by atomic mass is 10.1. The van der Waals surface area contributed by atoms with Crippen molar-refractivity contribution in [3.63, 3.8) is 0 Å². The molecule has 2 amide bonds. The largest absolute Gasteiger partial charge is 0.273 e. The first-order valence-corrected chi connectivity index (χ1v) is 8.33. The van der Waals surface area contributed by atoms with Gasteiger partial charge in [0.1, 0.15) is 6.33 Å². The Morgan fingerprint density at radius 2 is 1.85 bits per heavy atom. The molecule has 2 aromatic heterocycles. The molecule has 134 valence electrons. The summed E-state index contributed by atoms with van der Waals surface area (Å²) in [5.74, 6) is -0.205. The summed E-state index contributed by atoms with van der Waals surface area (Å²) >= 11 is 0. The SMILES string of the molecule is CCc1ccc(C(=O)NNC(=O)Cc2c(C)nc3ncnn3c2C)cc1. The predicted molar refractivity (Wildman–Crippen MR) is 95.4 cm³/mol. The maximum atomic E-state index is 12.2. The third-order valence-electron chi connectivity index (χ3n) is 4.27. The van der Waals surface area contributed by atoms with Gasteiger partial charge in [-0.2, -0.15) is 10.1 Å². The van der Waals surface area contributed by atoms with Crippen LogP contribution in [0.3, 0.4) is 0 Å². The number of carbonyl (C=O) groups is 2. The number of hydrazine groups is 1. The highest BCUT2D eigenvalue weighted by molar-refractivity contribution is 5.95. The number of aryl methyl sites for hydroxylation is 3. The zero-order valence-electron chi connectivity index (χ0n) is 14.9. The van der Waals surface area contributed by atoms with E-state index in [0.29, 0.717) is 17.0 Å². The van der Waals surface area contributed by atoms with E-state index in [-0.39, 0.29) is 18.2 Å². The molecule has 8 nitrogen and oxygen atoms in total. The quantitative estimate of drug-likeness (QED) is 0.690. The second kappa shape index (κ2) is 7.30. The second-order valence-corrected chi connectivity index (χ2v) is 5.96. The first-order chi connectivity index (χ1) is 12.5. The summed E-state index contributed by atoms with van der Waals surface area (Å²) in [6.45, 7) is 5.72. The van der Waals surface area contributed by atoms with E-state index in [4.69, 9.17) is 0 Å². The molecule has 0 saturated heterocycles. The molecule has 0 aliphatic rings. The van der Waals surface area contributed by atoms with Crippen LogP contribution >= 0.6 is 0 Å². The van der Waals surface area contributed by atoms with Crippen molar-refractivity contribution in [3.05, 3.63) is 58.7 Å². The molecule has 0 fully saturated rings. The fourth-order valence-corrected chi connectivity index (χ4v) is 2.71. The Kier molecular flexibility index (Phi) is 4.92. The van der Waals surface area contributed by atoms with Gasteiger partial charge < -0.3 is 0 Å². The number of hydrogen-bond acceptors (Lipinski definition) is 5. The number of carbonyl (C=O) groups excluding carboxylic acids is 2. The van der Waals surface area contributed by atoms with Gasteiger partial charge in [0.15, 0.2) is 0 Å². The number of nitrogens with one attached hydrogen (secondary N) is 2. The summed E-state index contributed by atoms with van der Waals surface area (Å²) in [7, 11) is 0. The van der Waals surface area contributed by atoms with Crippen molar-refractivity contribution in [2.45, 2.75) is 33.6 Å². The molecule has 3 rings (SSSR count). The van der Waals surface area contributed by atoms with E-state index in [1.54, 1.807) is 16.6 Å². The number of fused-ring (bicyclic) bond motifs is 1. The molecule has 3 aromatic rings. The highest BCUT2D eigenvalue weighted by Crippen LogP contribution is 2.13. The summed E-state index contributed by atoms with van der Waals surface area (Å²) < 4.78 is 1.59. The minimum atomic E-state index is -0.362. The van der Waals surface area contributed by atoms with Gasteiger partial charge in [0.05, 0.1) is 6.42 Å². The summed E-state index contributed by atoms with van der Waals surface area (Å²) in [4.78, 5) is 32.7. The number of benzene rings is 1. The third-order valence-corrected chi connectivity index (χ3v) is 4.27. The highest BCUT2D eigenvalue weighted by atomic mass is 16.2. The van der Waals surface area contributed by atoms with Gasteiger partial charge in [-0.15, -0.1) is 0 Å². The van der Waals surface area contributed by atoms with E-state index < -0.39 is 0 Å². The predicted octanol–water partition coefficient (Wildman–Crippen LogP) is 1.31. The maximum Gasteiger partial charge on any atom is 0.269 e. The zero-order valence-corrected chi connectivity index (χ0v) is 14.9. The Balaban J connectivity index is 1.64.